The second-order valence-corrected chi connectivity index (χ2v) is 8.07. The highest BCUT2D eigenvalue weighted by atomic mass is 19.1. The van der Waals surface area contributed by atoms with Crippen LogP contribution in [0.25, 0.3) is 0 Å². The molecule has 0 aromatic heterocycles. The Morgan fingerprint density at radius 3 is 2.55 bits per heavy atom. The third-order valence-electron chi connectivity index (χ3n) is 5.29. The maximum atomic E-state index is 13.2. The van der Waals surface area contributed by atoms with Crippen LogP contribution in [-0.2, 0) is 0 Å². The maximum Gasteiger partial charge on any atom is 0.123 e. The standard InChI is InChI=1S/C19H29FN2/c1-19(2,3)18(14-6-8-15(20)9-7-14)21-16-10-12-22-11-4-5-17(22)13-16/h6-9,16-18,21H,4-5,10-13H2,1-3H3. The van der Waals surface area contributed by atoms with Crippen molar-refractivity contribution >= 4 is 0 Å². The van der Waals surface area contributed by atoms with E-state index in [9.17, 15) is 4.39 Å². The van der Waals surface area contributed by atoms with Crippen LogP contribution in [-0.4, -0.2) is 30.1 Å². The molecule has 3 heteroatoms. The predicted molar refractivity (Wildman–Crippen MR) is 89.3 cm³/mol. The number of halogens is 1. The summed E-state index contributed by atoms with van der Waals surface area (Å²) in [7, 11) is 0. The maximum absolute atomic E-state index is 13.2. The predicted octanol–water partition coefficient (Wildman–Crippen LogP) is 4.13. The molecular weight excluding hydrogens is 275 g/mol. The molecule has 0 spiro atoms. The van der Waals surface area contributed by atoms with Gasteiger partial charge in [0.1, 0.15) is 5.82 Å². The first-order valence-electron chi connectivity index (χ1n) is 8.69. The fourth-order valence-corrected chi connectivity index (χ4v) is 4.11. The zero-order valence-corrected chi connectivity index (χ0v) is 14.1. The third-order valence-corrected chi connectivity index (χ3v) is 5.29. The van der Waals surface area contributed by atoms with Gasteiger partial charge >= 0.3 is 0 Å². The van der Waals surface area contributed by atoms with Gasteiger partial charge in [0, 0.05) is 18.1 Å². The number of nitrogens with one attached hydrogen (secondary N) is 1. The van der Waals surface area contributed by atoms with E-state index in [-0.39, 0.29) is 17.3 Å². The summed E-state index contributed by atoms with van der Waals surface area (Å²) >= 11 is 0. The number of fused-ring (bicyclic) bond motifs is 1. The van der Waals surface area contributed by atoms with E-state index in [0.29, 0.717) is 6.04 Å². The Kier molecular flexibility index (Phi) is 4.56. The van der Waals surface area contributed by atoms with E-state index in [1.54, 1.807) is 12.1 Å². The van der Waals surface area contributed by atoms with Crippen LogP contribution >= 0.6 is 0 Å². The van der Waals surface area contributed by atoms with Gasteiger partial charge in [-0.3, -0.25) is 0 Å². The summed E-state index contributed by atoms with van der Waals surface area (Å²) in [5.74, 6) is -0.157. The van der Waals surface area contributed by atoms with Crippen molar-refractivity contribution in [3.8, 4) is 0 Å². The van der Waals surface area contributed by atoms with Gasteiger partial charge in [0.05, 0.1) is 0 Å². The van der Waals surface area contributed by atoms with Gasteiger partial charge in [-0.1, -0.05) is 32.9 Å². The third kappa shape index (κ3) is 3.52. The molecule has 2 aliphatic rings. The van der Waals surface area contributed by atoms with E-state index >= 15 is 0 Å². The van der Waals surface area contributed by atoms with Crippen molar-refractivity contribution in [3.05, 3.63) is 35.6 Å². The molecule has 2 nitrogen and oxygen atoms in total. The van der Waals surface area contributed by atoms with Crippen LogP contribution in [0.4, 0.5) is 4.39 Å². The van der Waals surface area contributed by atoms with Crippen molar-refractivity contribution in [1.29, 1.82) is 0 Å². The molecule has 22 heavy (non-hydrogen) atoms. The van der Waals surface area contributed by atoms with Gasteiger partial charge in [-0.2, -0.15) is 0 Å². The number of nitrogens with zero attached hydrogens (tertiary/aromatic N) is 1. The van der Waals surface area contributed by atoms with Gasteiger partial charge in [0.15, 0.2) is 0 Å². The molecule has 0 bridgehead atoms. The summed E-state index contributed by atoms with van der Waals surface area (Å²) < 4.78 is 13.2. The molecule has 0 saturated carbocycles. The first-order chi connectivity index (χ1) is 10.4. The lowest BCUT2D eigenvalue weighted by Crippen LogP contribution is -2.48. The van der Waals surface area contributed by atoms with Gasteiger partial charge in [0.25, 0.3) is 0 Å². The molecule has 0 amide bonds. The molecule has 2 heterocycles. The molecule has 122 valence electrons. The Balaban J connectivity index is 1.72. The Morgan fingerprint density at radius 1 is 1.14 bits per heavy atom. The van der Waals surface area contributed by atoms with Gasteiger partial charge in [0.2, 0.25) is 0 Å². The Hall–Kier alpha value is -0.930. The second-order valence-electron chi connectivity index (χ2n) is 8.07. The Bertz CT molecular complexity index is 491. The quantitative estimate of drug-likeness (QED) is 0.903. The summed E-state index contributed by atoms with van der Waals surface area (Å²) in [4.78, 5) is 2.65. The highest BCUT2D eigenvalue weighted by Gasteiger charge is 2.35. The van der Waals surface area contributed by atoms with Gasteiger partial charge in [-0.15, -0.1) is 0 Å². The monoisotopic (exact) mass is 304 g/mol. The van der Waals surface area contributed by atoms with Crippen LogP contribution < -0.4 is 5.32 Å². The molecular formula is C19H29FN2. The molecule has 3 rings (SSSR count). The molecule has 0 aliphatic carbocycles. The summed E-state index contributed by atoms with van der Waals surface area (Å²) in [6.07, 6.45) is 5.20. The molecule has 2 saturated heterocycles. The zero-order valence-electron chi connectivity index (χ0n) is 14.1. The molecule has 2 aliphatic heterocycles. The van der Waals surface area contributed by atoms with E-state index in [1.807, 2.05) is 12.1 Å². The number of hydrogen-bond donors (Lipinski definition) is 1. The lowest BCUT2D eigenvalue weighted by atomic mass is 9.81. The fourth-order valence-electron chi connectivity index (χ4n) is 4.11. The molecule has 3 unspecified atom stereocenters. The summed E-state index contributed by atoms with van der Waals surface area (Å²) in [6, 6.07) is 8.65. The van der Waals surface area contributed by atoms with Crippen LogP contribution in [0.1, 0.15) is 58.1 Å². The lowest BCUT2D eigenvalue weighted by Gasteiger charge is -2.40. The van der Waals surface area contributed by atoms with Crippen molar-refractivity contribution in [1.82, 2.24) is 10.2 Å². The van der Waals surface area contributed by atoms with Crippen molar-refractivity contribution in [2.75, 3.05) is 13.1 Å². The van der Waals surface area contributed by atoms with Crippen LogP contribution in [0.5, 0.6) is 0 Å². The Labute approximate surface area is 134 Å². The van der Waals surface area contributed by atoms with E-state index in [1.165, 1.54) is 44.3 Å². The highest BCUT2D eigenvalue weighted by Crippen LogP contribution is 2.35. The minimum absolute atomic E-state index is 0.116. The molecule has 1 N–H and O–H groups in total. The smallest absolute Gasteiger partial charge is 0.123 e. The summed E-state index contributed by atoms with van der Waals surface area (Å²) in [6.45, 7) is 9.30. The van der Waals surface area contributed by atoms with E-state index in [0.717, 1.165) is 6.04 Å². The lowest BCUT2D eigenvalue weighted by molar-refractivity contribution is 0.143. The SMILES string of the molecule is CC(C)(C)C(NC1CCN2CCCC2C1)c1ccc(F)cc1. The van der Waals surface area contributed by atoms with Crippen molar-refractivity contribution in [2.24, 2.45) is 5.41 Å². The number of benzene rings is 1. The van der Waals surface area contributed by atoms with E-state index < -0.39 is 0 Å². The van der Waals surface area contributed by atoms with Crippen molar-refractivity contribution in [3.63, 3.8) is 0 Å². The molecule has 2 fully saturated rings. The summed E-state index contributed by atoms with van der Waals surface area (Å²) in [5, 5.41) is 3.90. The van der Waals surface area contributed by atoms with Gasteiger partial charge < -0.3 is 10.2 Å². The number of rotatable bonds is 3. The number of hydrogen-bond acceptors (Lipinski definition) is 2. The van der Waals surface area contributed by atoms with E-state index in [4.69, 9.17) is 0 Å². The normalized spacial score (nSPS) is 27.6. The first-order valence-corrected chi connectivity index (χ1v) is 8.69. The molecule has 0 radical (unpaired) electrons. The van der Waals surface area contributed by atoms with Gasteiger partial charge in [-0.05, 0) is 61.9 Å². The van der Waals surface area contributed by atoms with Crippen LogP contribution in [0.15, 0.2) is 24.3 Å². The Morgan fingerprint density at radius 2 is 1.86 bits per heavy atom. The van der Waals surface area contributed by atoms with Crippen LogP contribution in [0.3, 0.4) is 0 Å². The van der Waals surface area contributed by atoms with Crippen LogP contribution in [0.2, 0.25) is 0 Å². The first kappa shape index (κ1) is 15.9. The molecule has 1 aromatic rings. The zero-order chi connectivity index (χ0) is 15.7. The second kappa shape index (κ2) is 6.29. The average Bonchev–Trinajstić information content (AvgIpc) is 2.92. The average molecular weight is 304 g/mol. The topological polar surface area (TPSA) is 15.3 Å². The van der Waals surface area contributed by atoms with Crippen LogP contribution in [0, 0.1) is 11.2 Å². The number of piperidine rings is 1. The summed E-state index contributed by atoms with van der Waals surface area (Å²) in [5.41, 5.74) is 1.31. The van der Waals surface area contributed by atoms with Crippen molar-refractivity contribution in [2.45, 2.75) is 64.6 Å². The van der Waals surface area contributed by atoms with Crippen molar-refractivity contribution < 1.29 is 4.39 Å². The minimum atomic E-state index is -0.157. The molecule has 3 atom stereocenters. The molecule has 1 aromatic carbocycles. The fraction of sp³-hybridized carbons (Fsp3) is 0.684. The van der Waals surface area contributed by atoms with Gasteiger partial charge in [-0.25, -0.2) is 4.39 Å². The largest absolute Gasteiger partial charge is 0.307 e. The minimum Gasteiger partial charge on any atom is -0.307 e. The van der Waals surface area contributed by atoms with E-state index in [2.05, 4.69) is 31.0 Å². The highest BCUT2D eigenvalue weighted by molar-refractivity contribution is 5.22.